The highest BCUT2D eigenvalue weighted by molar-refractivity contribution is 5.68. The molecule has 0 saturated carbocycles. The van der Waals surface area contributed by atoms with E-state index in [1.54, 1.807) is 0 Å². The Labute approximate surface area is 142 Å². The van der Waals surface area contributed by atoms with Crippen molar-refractivity contribution < 1.29 is 19.4 Å². The molecule has 0 N–H and O–H groups in total. The van der Waals surface area contributed by atoms with Gasteiger partial charge in [-0.25, -0.2) is 0 Å². The van der Waals surface area contributed by atoms with E-state index in [4.69, 9.17) is 0 Å². The van der Waals surface area contributed by atoms with E-state index in [-0.39, 0.29) is 12.4 Å². The molecule has 23 heavy (non-hydrogen) atoms. The number of rotatable bonds is 17. The Morgan fingerprint density at radius 3 is 1.22 bits per heavy atom. The number of hydrogen-bond acceptors (Lipinski definition) is 4. The summed E-state index contributed by atoms with van der Waals surface area (Å²) in [5.41, 5.74) is 0. The van der Waals surface area contributed by atoms with Gasteiger partial charge in [-0.2, -0.15) is 0 Å². The van der Waals surface area contributed by atoms with Crippen molar-refractivity contribution in [3.05, 3.63) is 0 Å². The lowest BCUT2D eigenvalue weighted by atomic mass is 10.0. The average molecular weight is 327 g/mol. The van der Waals surface area contributed by atoms with Crippen LogP contribution in [0.2, 0.25) is 0 Å². The highest BCUT2D eigenvalue weighted by Gasteiger charge is 1.99. The summed E-state index contributed by atoms with van der Waals surface area (Å²) in [5.74, 6) is -1.02. The Kier molecular flexibility index (Phi) is 16.5. The van der Waals surface area contributed by atoms with E-state index >= 15 is 0 Å². The summed E-state index contributed by atoms with van der Waals surface area (Å²) < 4.78 is 4.61. The first kappa shape index (κ1) is 21.9. The van der Waals surface area contributed by atoms with Crippen LogP contribution >= 0.6 is 0 Å². The second kappa shape index (κ2) is 17.3. The zero-order chi connectivity index (χ0) is 17.2. The quantitative estimate of drug-likeness (QED) is 0.297. The normalized spacial score (nSPS) is 10.7. The number of hydrogen-bond donors (Lipinski definition) is 0. The number of methoxy groups -OCH3 is 1. The standard InChI is InChI=1S/C19H36O4/c1-23-19(22)17-15-13-11-9-7-5-3-2-4-6-8-10-12-14-16-18(20)21/h2-17H2,1H3,(H,20,21)/p-1. The molecule has 136 valence electrons. The first-order valence-electron chi connectivity index (χ1n) is 9.43. The van der Waals surface area contributed by atoms with Gasteiger partial charge in [0.15, 0.2) is 0 Å². The van der Waals surface area contributed by atoms with E-state index < -0.39 is 5.97 Å². The molecule has 0 aromatic heterocycles. The van der Waals surface area contributed by atoms with Crippen LogP contribution in [0, 0.1) is 0 Å². The number of unbranched alkanes of at least 4 members (excludes halogenated alkanes) is 13. The van der Waals surface area contributed by atoms with Gasteiger partial charge in [0.2, 0.25) is 0 Å². The maximum absolute atomic E-state index is 10.9. The number of aliphatic carboxylic acids is 1. The highest BCUT2D eigenvalue weighted by Crippen LogP contribution is 2.13. The summed E-state index contributed by atoms with van der Waals surface area (Å²) >= 11 is 0. The van der Waals surface area contributed by atoms with Crippen molar-refractivity contribution >= 4 is 11.9 Å². The molecule has 0 spiro atoms. The Balaban J connectivity index is 3.02. The van der Waals surface area contributed by atoms with Crippen molar-refractivity contribution in [1.82, 2.24) is 0 Å². The fourth-order valence-electron chi connectivity index (χ4n) is 2.76. The molecular weight excluding hydrogens is 292 g/mol. The lowest BCUT2D eigenvalue weighted by Crippen LogP contribution is -2.21. The average Bonchev–Trinajstić information content (AvgIpc) is 2.53. The van der Waals surface area contributed by atoms with E-state index in [0.29, 0.717) is 6.42 Å². The molecule has 0 aliphatic heterocycles. The van der Waals surface area contributed by atoms with Gasteiger partial charge in [0.05, 0.1) is 7.11 Å². The molecule has 0 bridgehead atoms. The summed E-state index contributed by atoms with van der Waals surface area (Å²) in [6.07, 6.45) is 17.4. The zero-order valence-electron chi connectivity index (χ0n) is 14.9. The predicted octanol–water partition coefficient (Wildman–Crippen LogP) is 4.15. The SMILES string of the molecule is COC(=O)CCCCCCCCCCCCCCCCC(=O)[O-]. The van der Waals surface area contributed by atoms with E-state index in [0.717, 1.165) is 32.1 Å². The lowest BCUT2D eigenvalue weighted by molar-refractivity contribution is -0.305. The molecule has 0 aliphatic carbocycles. The van der Waals surface area contributed by atoms with E-state index in [9.17, 15) is 14.7 Å². The van der Waals surface area contributed by atoms with Crippen LogP contribution in [-0.2, 0) is 14.3 Å². The van der Waals surface area contributed by atoms with Crippen LogP contribution in [0.4, 0.5) is 0 Å². The first-order valence-corrected chi connectivity index (χ1v) is 9.43. The molecule has 0 radical (unpaired) electrons. The van der Waals surface area contributed by atoms with Crippen LogP contribution in [0.15, 0.2) is 0 Å². The third-order valence-electron chi connectivity index (χ3n) is 4.24. The smallest absolute Gasteiger partial charge is 0.305 e. The minimum Gasteiger partial charge on any atom is -0.550 e. The largest absolute Gasteiger partial charge is 0.550 e. The molecule has 0 amide bonds. The van der Waals surface area contributed by atoms with Gasteiger partial charge in [0.1, 0.15) is 0 Å². The predicted molar refractivity (Wildman–Crippen MR) is 90.9 cm³/mol. The summed E-state index contributed by atoms with van der Waals surface area (Å²) in [6.45, 7) is 0. The molecule has 0 aliphatic rings. The summed E-state index contributed by atoms with van der Waals surface area (Å²) in [5, 5.41) is 10.2. The zero-order valence-corrected chi connectivity index (χ0v) is 14.9. The Morgan fingerprint density at radius 2 is 0.913 bits per heavy atom. The van der Waals surface area contributed by atoms with Crippen LogP contribution in [0.3, 0.4) is 0 Å². The third kappa shape index (κ3) is 18.9. The molecule has 0 heterocycles. The Morgan fingerprint density at radius 1 is 0.609 bits per heavy atom. The molecule has 0 atom stereocenters. The van der Waals surface area contributed by atoms with Crippen LogP contribution < -0.4 is 5.11 Å². The molecule has 0 saturated heterocycles. The molecule has 0 unspecified atom stereocenters. The lowest BCUT2D eigenvalue weighted by Gasteiger charge is -2.04. The van der Waals surface area contributed by atoms with E-state index in [1.807, 2.05) is 0 Å². The van der Waals surface area contributed by atoms with Crippen LogP contribution in [0.5, 0.6) is 0 Å². The van der Waals surface area contributed by atoms with Crippen LogP contribution in [-0.4, -0.2) is 19.0 Å². The number of carbonyl (C=O) groups is 2. The van der Waals surface area contributed by atoms with Gasteiger partial charge in [0, 0.05) is 12.4 Å². The van der Waals surface area contributed by atoms with Gasteiger partial charge in [-0.05, 0) is 19.3 Å². The maximum atomic E-state index is 10.9. The van der Waals surface area contributed by atoms with Crippen molar-refractivity contribution in [2.75, 3.05) is 7.11 Å². The summed E-state index contributed by atoms with van der Waals surface area (Å²) in [4.78, 5) is 21.2. The minimum absolute atomic E-state index is 0.0936. The Hall–Kier alpha value is -1.06. The summed E-state index contributed by atoms with van der Waals surface area (Å²) in [6, 6.07) is 0. The van der Waals surface area contributed by atoms with E-state index in [1.165, 1.54) is 64.9 Å². The van der Waals surface area contributed by atoms with Crippen molar-refractivity contribution in [2.45, 2.75) is 103 Å². The molecule has 0 aromatic rings. The van der Waals surface area contributed by atoms with E-state index in [2.05, 4.69) is 4.74 Å². The topological polar surface area (TPSA) is 66.4 Å². The highest BCUT2D eigenvalue weighted by atomic mass is 16.5. The Bertz CT molecular complexity index is 289. The van der Waals surface area contributed by atoms with Crippen molar-refractivity contribution in [1.29, 1.82) is 0 Å². The number of carboxylic acids is 1. The summed E-state index contributed by atoms with van der Waals surface area (Å²) in [7, 11) is 1.44. The van der Waals surface area contributed by atoms with Crippen molar-refractivity contribution in [3.63, 3.8) is 0 Å². The number of ether oxygens (including phenoxy) is 1. The molecule has 4 heteroatoms. The van der Waals surface area contributed by atoms with Gasteiger partial charge in [-0.1, -0.05) is 77.0 Å². The molecule has 4 nitrogen and oxygen atoms in total. The van der Waals surface area contributed by atoms with Gasteiger partial charge >= 0.3 is 5.97 Å². The second-order valence-corrected chi connectivity index (χ2v) is 6.40. The van der Waals surface area contributed by atoms with Crippen LogP contribution in [0.25, 0.3) is 0 Å². The molecule has 0 fully saturated rings. The van der Waals surface area contributed by atoms with Gasteiger partial charge in [0.25, 0.3) is 0 Å². The van der Waals surface area contributed by atoms with Gasteiger partial charge in [-0.3, -0.25) is 4.79 Å². The molecular formula is C19H35O4-. The molecule has 0 rings (SSSR count). The number of carboxylic acid groups (broad SMARTS) is 1. The van der Waals surface area contributed by atoms with Gasteiger partial charge in [-0.15, -0.1) is 0 Å². The fourth-order valence-corrected chi connectivity index (χ4v) is 2.76. The third-order valence-corrected chi connectivity index (χ3v) is 4.24. The number of carbonyl (C=O) groups excluding carboxylic acids is 2. The van der Waals surface area contributed by atoms with Crippen LogP contribution in [0.1, 0.15) is 103 Å². The maximum Gasteiger partial charge on any atom is 0.305 e. The fraction of sp³-hybridized carbons (Fsp3) is 0.895. The molecule has 0 aromatic carbocycles. The first-order chi connectivity index (χ1) is 11.2. The second-order valence-electron chi connectivity index (χ2n) is 6.40. The number of esters is 1. The van der Waals surface area contributed by atoms with Crippen molar-refractivity contribution in [2.24, 2.45) is 0 Å². The van der Waals surface area contributed by atoms with Crippen molar-refractivity contribution in [3.8, 4) is 0 Å². The monoisotopic (exact) mass is 327 g/mol. The van der Waals surface area contributed by atoms with Gasteiger partial charge < -0.3 is 14.6 Å². The minimum atomic E-state index is -0.923.